The van der Waals surface area contributed by atoms with E-state index in [4.69, 9.17) is 21.1 Å². The standard InChI is InChI=1S/C16H31ClO2/c1-3-5-7-9-11-16(12-10-8-6-4-2)18-14-15(13-17)19-16/h15H,3-14H2,1-2H3. The summed E-state index contributed by atoms with van der Waals surface area (Å²) in [4.78, 5) is 0. The van der Waals surface area contributed by atoms with Crippen molar-refractivity contribution in [2.45, 2.75) is 89.9 Å². The molecule has 0 spiro atoms. The van der Waals surface area contributed by atoms with Crippen LogP contribution in [0.4, 0.5) is 0 Å². The van der Waals surface area contributed by atoms with E-state index < -0.39 is 0 Å². The Bertz CT molecular complexity index is 209. The molecule has 1 unspecified atom stereocenters. The lowest BCUT2D eigenvalue weighted by molar-refractivity contribution is -0.177. The lowest BCUT2D eigenvalue weighted by Crippen LogP contribution is -2.31. The van der Waals surface area contributed by atoms with Crippen molar-refractivity contribution in [1.29, 1.82) is 0 Å². The van der Waals surface area contributed by atoms with E-state index in [1.165, 1.54) is 51.4 Å². The summed E-state index contributed by atoms with van der Waals surface area (Å²) in [5, 5.41) is 0. The van der Waals surface area contributed by atoms with E-state index in [0.29, 0.717) is 12.5 Å². The monoisotopic (exact) mass is 290 g/mol. The number of hydrogen-bond donors (Lipinski definition) is 0. The van der Waals surface area contributed by atoms with Crippen LogP contribution in [-0.2, 0) is 9.47 Å². The molecule has 0 aliphatic carbocycles. The van der Waals surface area contributed by atoms with Crippen LogP contribution in [0.1, 0.15) is 78.1 Å². The number of ether oxygens (including phenoxy) is 2. The number of alkyl halides is 1. The van der Waals surface area contributed by atoms with Crippen LogP contribution in [-0.4, -0.2) is 24.4 Å². The minimum absolute atomic E-state index is 0.0963. The summed E-state index contributed by atoms with van der Waals surface area (Å²) >= 11 is 5.90. The molecule has 3 heteroatoms. The van der Waals surface area contributed by atoms with E-state index >= 15 is 0 Å². The Kier molecular flexibility index (Phi) is 9.10. The normalized spacial score (nSPS) is 21.9. The highest BCUT2D eigenvalue weighted by Crippen LogP contribution is 2.34. The fourth-order valence-corrected chi connectivity index (χ4v) is 2.87. The molecule has 1 heterocycles. The van der Waals surface area contributed by atoms with E-state index in [9.17, 15) is 0 Å². The molecule has 2 nitrogen and oxygen atoms in total. The predicted molar refractivity (Wildman–Crippen MR) is 81.8 cm³/mol. The topological polar surface area (TPSA) is 18.5 Å². The summed E-state index contributed by atoms with van der Waals surface area (Å²) < 4.78 is 12.1. The van der Waals surface area contributed by atoms with E-state index in [0.717, 1.165) is 12.8 Å². The molecular weight excluding hydrogens is 260 g/mol. The third-order valence-electron chi connectivity index (χ3n) is 3.91. The van der Waals surface area contributed by atoms with Crippen molar-refractivity contribution in [2.24, 2.45) is 0 Å². The van der Waals surface area contributed by atoms with Crippen LogP contribution >= 0.6 is 11.6 Å². The van der Waals surface area contributed by atoms with Crippen molar-refractivity contribution < 1.29 is 9.47 Å². The van der Waals surface area contributed by atoms with Crippen LogP contribution in [0.3, 0.4) is 0 Å². The number of halogens is 1. The summed E-state index contributed by atoms with van der Waals surface area (Å²) in [6, 6.07) is 0. The molecule has 19 heavy (non-hydrogen) atoms. The van der Waals surface area contributed by atoms with E-state index in [-0.39, 0.29) is 11.9 Å². The lowest BCUT2D eigenvalue weighted by atomic mass is 10.00. The second-order valence-corrected chi connectivity index (χ2v) is 6.05. The maximum atomic E-state index is 6.10. The Balaban J connectivity index is 2.34. The van der Waals surface area contributed by atoms with Gasteiger partial charge in [-0.15, -0.1) is 11.6 Å². The molecule has 1 aliphatic heterocycles. The van der Waals surface area contributed by atoms with Gasteiger partial charge in [-0.05, 0) is 12.8 Å². The Morgan fingerprint density at radius 1 is 0.947 bits per heavy atom. The summed E-state index contributed by atoms with van der Waals surface area (Å²) in [5.41, 5.74) is 0. The van der Waals surface area contributed by atoms with Gasteiger partial charge >= 0.3 is 0 Å². The highest BCUT2D eigenvalue weighted by atomic mass is 35.5. The van der Waals surface area contributed by atoms with Gasteiger partial charge in [-0.2, -0.15) is 0 Å². The summed E-state index contributed by atoms with van der Waals surface area (Å²) in [5.74, 6) is 0.229. The molecule has 1 saturated heterocycles. The fourth-order valence-electron chi connectivity index (χ4n) is 2.72. The average molecular weight is 291 g/mol. The van der Waals surface area contributed by atoms with Gasteiger partial charge in [0.05, 0.1) is 18.6 Å². The number of hydrogen-bond acceptors (Lipinski definition) is 2. The second kappa shape index (κ2) is 10.0. The molecule has 0 radical (unpaired) electrons. The third-order valence-corrected chi connectivity index (χ3v) is 4.25. The van der Waals surface area contributed by atoms with Crippen LogP contribution in [0.15, 0.2) is 0 Å². The first-order valence-corrected chi connectivity index (χ1v) is 8.67. The van der Waals surface area contributed by atoms with Gasteiger partial charge in [0.15, 0.2) is 5.79 Å². The zero-order valence-corrected chi connectivity index (χ0v) is 13.5. The van der Waals surface area contributed by atoms with Gasteiger partial charge in [-0.25, -0.2) is 0 Å². The molecule has 0 aromatic rings. The van der Waals surface area contributed by atoms with Crippen molar-refractivity contribution in [2.75, 3.05) is 12.5 Å². The van der Waals surface area contributed by atoms with Gasteiger partial charge in [-0.1, -0.05) is 52.4 Å². The van der Waals surface area contributed by atoms with Crippen molar-refractivity contribution in [3.63, 3.8) is 0 Å². The van der Waals surface area contributed by atoms with Crippen LogP contribution in [0.2, 0.25) is 0 Å². The van der Waals surface area contributed by atoms with Crippen LogP contribution in [0, 0.1) is 0 Å². The molecular formula is C16H31ClO2. The number of unbranched alkanes of at least 4 members (excludes halogenated alkanes) is 6. The van der Waals surface area contributed by atoms with E-state index in [1.807, 2.05) is 0 Å². The SMILES string of the molecule is CCCCCCC1(CCCCCC)OCC(CCl)O1. The average Bonchev–Trinajstić information content (AvgIpc) is 2.84. The van der Waals surface area contributed by atoms with Crippen molar-refractivity contribution in [3.05, 3.63) is 0 Å². The van der Waals surface area contributed by atoms with Crippen LogP contribution in [0.5, 0.6) is 0 Å². The van der Waals surface area contributed by atoms with Crippen LogP contribution < -0.4 is 0 Å². The molecule has 0 amide bonds. The smallest absolute Gasteiger partial charge is 0.168 e. The summed E-state index contributed by atoms with van der Waals surface area (Å²) in [6.45, 7) is 5.16. The Labute approximate surface area is 124 Å². The summed E-state index contributed by atoms with van der Waals surface area (Å²) in [7, 11) is 0. The van der Waals surface area contributed by atoms with Crippen molar-refractivity contribution in [1.82, 2.24) is 0 Å². The minimum Gasteiger partial charge on any atom is -0.347 e. The molecule has 0 bridgehead atoms. The van der Waals surface area contributed by atoms with Gasteiger partial charge in [0, 0.05) is 12.8 Å². The molecule has 0 saturated carbocycles. The molecule has 1 atom stereocenters. The third kappa shape index (κ3) is 6.46. The van der Waals surface area contributed by atoms with Crippen molar-refractivity contribution >= 4 is 11.6 Å². The largest absolute Gasteiger partial charge is 0.347 e. The second-order valence-electron chi connectivity index (χ2n) is 5.74. The maximum absolute atomic E-state index is 6.10. The first-order chi connectivity index (χ1) is 9.26. The molecule has 1 rings (SSSR count). The Hall–Kier alpha value is 0.210. The summed E-state index contributed by atoms with van der Waals surface area (Å²) in [6.07, 6.45) is 12.3. The molecule has 0 aromatic carbocycles. The molecule has 0 N–H and O–H groups in total. The van der Waals surface area contributed by atoms with Gasteiger partial charge in [-0.3, -0.25) is 0 Å². The predicted octanol–water partition coefficient (Wildman–Crippen LogP) is 5.28. The Morgan fingerprint density at radius 2 is 1.53 bits per heavy atom. The number of rotatable bonds is 11. The van der Waals surface area contributed by atoms with E-state index in [1.54, 1.807) is 0 Å². The highest BCUT2D eigenvalue weighted by Gasteiger charge is 2.39. The molecule has 0 aromatic heterocycles. The molecule has 114 valence electrons. The quantitative estimate of drug-likeness (QED) is 0.381. The zero-order chi connectivity index (χ0) is 14.0. The molecule has 1 aliphatic rings. The fraction of sp³-hybridized carbons (Fsp3) is 1.00. The minimum atomic E-state index is -0.318. The van der Waals surface area contributed by atoms with Gasteiger partial charge < -0.3 is 9.47 Å². The van der Waals surface area contributed by atoms with Gasteiger partial charge in [0.25, 0.3) is 0 Å². The Morgan fingerprint density at radius 3 is 1.95 bits per heavy atom. The highest BCUT2D eigenvalue weighted by molar-refractivity contribution is 6.18. The first-order valence-electron chi connectivity index (χ1n) is 8.14. The van der Waals surface area contributed by atoms with Gasteiger partial charge in [0.1, 0.15) is 0 Å². The van der Waals surface area contributed by atoms with Crippen LogP contribution in [0.25, 0.3) is 0 Å². The van der Waals surface area contributed by atoms with Gasteiger partial charge in [0.2, 0.25) is 0 Å². The zero-order valence-electron chi connectivity index (χ0n) is 12.8. The lowest BCUT2D eigenvalue weighted by Gasteiger charge is -2.28. The maximum Gasteiger partial charge on any atom is 0.168 e. The van der Waals surface area contributed by atoms with E-state index in [2.05, 4.69) is 13.8 Å². The first kappa shape index (κ1) is 17.3. The molecule has 1 fully saturated rings. The van der Waals surface area contributed by atoms with Crippen molar-refractivity contribution in [3.8, 4) is 0 Å².